The van der Waals surface area contributed by atoms with Crippen molar-refractivity contribution >= 4 is 17.4 Å². The Hall–Kier alpha value is -1.45. The maximum Gasteiger partial charge on any atom is 0.234 e. The zero-order valence-electron chi connectivity index (χ0n) is 9.93. The van der Waals surface area contributed by atoms with E-state index in [9.17, 15) is 4.79 Å². The molecule has 1 saturated heterocycles. The maximum atomic E-state index is 11.8. The average molecular weight is 262 g/mol. The van der Waals surface area contributed by atoms with Gasteiger partial charge in [0.25, 0.3) is 0 Å². The summed E-state index contributed by atoms with van der Waals surface area (Å²) < 4.78 is 4.02. The van der Waals surface area contributed by atoms with Gasteiger partial charge in [0.05, 0.1) is 23.7 Å². The quantitative estimate of drug-likeness (QED) is 0.799. The third-order valence-electron chi connectivity index (χ3n) is 3.67. The number of nitrogens with one attached hydrogen (secondary N) is 1. The van der Waals surface area contributed by atoms with Crippen molar-refractivity contribution in [2.75, 3.05) is 13.1 Å². The molecule has 0 aliphatic carbocycles. The van der Waals surface area contributed by atoms with Crippen LogP contribution in [0.3, 0.4) is 0 Å². The van der Waals surface area contributed by atoms with Gasteiger partial charge < -0.3 is 5.32 Å². The first kappa shape index (κ1) is 11.6. The summed E-state index contributed by atoms with van der Waals surface area (Å²) in [6, 6.07) is 0.762. The monoisotopic (exact) mass is 262 g/mol. The molecule has 1 amide bonds. The van der Waals surface area contributed by atoms with Crippen LogP contribution < -0.4 is 5.32 Å². The Balaban J connectivity index is 1.72. The molecule has 0 saturated carbocycles. The van der Waals surface area contributed by atoms with Crippen LogP contribution in [-0.2, 0) is 11.2 Å². The first-order valence-corrected chi connectivity index (χ1v) is 6.84. The molecule has 1 aromatic rings. The number of amides is 1. The standard InChI is InChI=1S/C12H14N4OS/c1-2-5-13-11(17)7-16-8-3-4-10(16)12-9(6-8)14-15-18-12/h1,8,10H,3-7H2,(H,13,17). The third-order valence-corrected chi connectivity index (χ3v) is 4.54. The summed E-state index contributed by atoms with van der Waals surface area (Å²) >= 11 is 1.47. The van der Waals surface area contributed by atoms with Crippen molar-refractivity contribution in [1.82, 2.24) is 19.8 Å². The minimum Gasteiger partial charge on any atom is -0.344 e. The number of carbonyl (C=O) groups is 1. The molecule has 0 aromatic carbocycles. The van der Waals surface area contributed by atoms with Gasteiger partial charge in [-0.05, 0) is 24.4 Å². The zero-order chi connectivity index (χ0) is 12.5. The van der Waals surface area contributed by atoms with Crippen LogP contribution in [-0.4, -0.2) is 39.5 Å². The lowest BCUT2D eigenvalue weighted by molar-refractivity contribution is -0.122. The number of rotatable bonds is 3. The normalized spacial score (nSPS) is 25.5. The van der Waals surface area contributed by atoms with Gasteiger partial charge in [0.15, 0.2) is 0 Å². The minimum atomic E-state index is 0.00535. The second kappa shape index (κ2) is 4.67. The van der Waals surface area contributed by atoms with Gasteiger partial charge in [-0.1, -0.05) is 10.4 Å². The summed E-state index contributed by atoms with van der Waals surface area (Å²) in [5, 5.41) is 6.90. The van der Waals surface area contributed by atoms with Crippen molar-refractivity contribution in [1.29, 1.82) is 0 Å². The van der Waals surface area contributed by atoms with E-state index in [4.69, 9.17) is 6.42 Å². The summed E-state index contributed by atoms with van der Waals surface area (Å²) in [5.74, 6) is 2.42. The Kier molecular flexibility index (Phi) is 3.02. The number of carbonyl (C=O) groups excluding carboxylic acids is 1. The third kappa shape index (κ3) is 1.89. The molecule has 1 N–H and O–H groups in total. The lowest BCUT2D eigenvalue weighted by Gasteiger charge is -2.32. The lowest BCUT2D eigenvalue weighted by atomic mass is 10.1. The number of terminal acetylenes is 1. The second-order valence-corrected chi connectivity index (χ2v) is 5.47. The van der Waals surface area contributed by atoms with E-state index in [2.05, 4.69) is 25.7 Å². The molecule has 0 spiro atoms. The van der Waals surface area contributed by atoms with Crippen LogP contribution in [0.2, 0.25) is 0 Å². The average Bonchev–Trinajstić information content (AvgIpc) is 2.93. The molecule has 1 aromatic heterocycles. The van der Waals surface area contributed by atoms with E-state index in [1.165, 1.54) is 16.4 Å². The van der Waals surface area contributed by atoms with Gasteiger partial charge in [0.2, 0.25) is 5.91 Å². The fraction of sp³-hybridized carbons (Fsp3) is 0.583. The van der Waals surface area contributed by atoms with Gasteiger partial charge in [-0.3, -0.25) is 9.69 Å². The minimum absolute atomic E-state index is 0.00535. The van der Waals surface area contributed by atoms with Crippen LogP contribution in [0.4, 0.5) is 0 Å². The van der Waals surface area contributed by atoms with E-state index in [0.29, 0.717) is 25.2 Å². The summed E-state index contributed by atoms with van der Waals surface area (Å²) in [7, 11) is 0. The highest BCUT2D eigenvalue weighted by atomic mass is 32.1. The van der Waals surface area contributed by atoms with Crippen molar-refractivity contribution in [3.05, 3.63) is 10.6 Å². The molecule has 94 valence electrons. The number of hydrogen-bond acceptors (Lipinski definition) is 5. The Morgan fingerprint density at radius 2 is 2.50 bits per heavy atom. The van der Waals surface area contributed by atoms with Gasteiger partial charge in [-0.2, -0.15) is 0 Å². The fourth-order valence-electron chi connectivity index (χ4n) is 2.88. The van der Waals surface area contributed by atoms with E-state index >= 15 is 0 Å². The predicted molar refractivity (Wildman–Crippen MR) is 67.9 cm³/mol. The number of aromatic nitrogens is 2. The maximum absolute atomic E-state index is 11.8. The van der Waals surface area contributed by atoms with Crippen molar-refractivity contribution in [3.63, 3.8) is 0 Å². The van der Waals surface area contributed by atoms with Gasteiger partial charge in [0.1, 0.15) is 0 Å². The smallest absolute Gasteiger partial charge is 0.234 e. The van der Waals surface area contributed by atoms with Crippen molar-refractivity contribution in [3.8, 4) is 12.3 Å². The van der Waals surface area contributed by atoms with Crippen LogP contribution in [0.25, 0.3) is 0 Å². The molecule has 2 unspecified atom stereocenters. The lowest BCUT2D eigenvalue weighted by Crippen LogP contribution is -2.43. The molecular weight excluding hydrogens is 248 g/mol. The van der Waals surface area contributed by atoms with E-state index in [1.807, 2.05) is 0 Å². The first-order chi connectivity index (χ1) is 8.79. The number of hydrogen-bond donors (Lipinski definition) is 1. The van der Waals surface area contributed by atoms with Gasteiger partial charge in [0, 0.05) is 18.5 Å². The van der Waals surface area contributed by atoms with E-state index < -0.39 is 0 Å². The van der Waals surface area contributed by atoms with E-state index in [1.54, 1.807) is 0 Å². The van der Waals surface area contributed by atoms with Crippen molar-refractivity contribution < 1.29 is 4.79 Å². The number of fused-ring (bicyclic) bond motifs is 4. The molecule has 2 aliphatic rings. The molecule has 0 radical (unpaired) electrons. The summed E-state index contributed by atoms with van der Waals surface area (Å²) in [5.41, 5.74) is 1.13. The molecule has 3 heterocycles. The fourth-order valence-corrected chi connectivity index (χ4v) is 3.71. The Morgan fingerprint density at radius 3 is 3.33 bits per heavy atom. The highest BCUT2D eigenvalue weighted by molar-refractivity contribution is 7.05. The molecule has 6 heteroatoms. The SMILES string of the molecule is C#CCNC(=O)CN1C2CCC1c1snnc1C2. The van der Waals surface area contributed by atoms with Crippen LogP contribution in [0, 0.1) is 12.3 Å². The molecule has 2 bridgehead atoms. The topological polar surface area (TPSA) is 58.1 Å². The van der Waals surface area contributed by atoms with E-state index in [-0.39, 0.29) is 5.91 Å². The van der Waals surface area contributed by atoms with E-state index in [0.717, 1.165) is 25.0 Å². The Labute approximate surface area is 110 Å². The van der Waals surface area contributed by atoms with Crippen LogP contribution in [0.5, 0.6) is 0 Å². The summed E-state index contributed by atoms with van der Waals surface area (Å²) in [6.07, 6.45) is 8.29. The highest BCUT2D eigenvalue weighted by Crippen LogP contribution is 2.43. The van der Waals surface area contributed by atoms with Gasteiger partial charge in [-0.25, -0.2) is 0 Å². The first-order valence-electron chi connectivity index (χ1n) is 6.06. The summed E-state index contributed by atoms with van der Waals surface area (Å²) in [6.45, 7) is 0.726. The van der Waals surface area contributed by atoms with Crippen molar-refractivity contribution in [2.24, 2.45) is 0 Å². The zero-order valence-corrected chi connectivity index (χ0v) is 10.7. The highest BCUT2D eigenvalue weighted by Gasteiger charge is 2.42. The summed E-state index contributed by atoms with van der Waals surface area (Å²) in [4.78, 5) is 15.3. The number of nitrogens with zero attached hydrogens (tertiary/aromatic N) is 3. The van der Waals surface area contributed by atoms with Gasteiger partial charge in [-0.15, -0.1) is 11.5 Å². The molecule has 18 heavy (non-hydrogen) atoms. The van der Waals surface area contributed by atoms with Crippen LogP contribution in [0.15, 0.2) is 0 Å². The second-order valence-electron chi connectivity index (χ2n) is 4.69. The molecule has 5 nitrogen and oxygen atoms in total. The largest absolute Gasteiger partial charge is 0.344 e. The van der Waals surface area contributed by atoms with Crippen LogP contribution in [0.1, 0.15) is 29.5 Å². The Morgan fingerprint density at radius 1 is 1.61 bits per heavy atom. The molecule has 3 rings (SSSR count). The molecule has 2 aliphatic heterocycles. The Bertz CT molecular complexity index is 506. The molecule has 1 fully saturated rings. The molecular formula is C12H14N4OS. The van der Waals surface area contributed by atoms with Gasteiger partial charge >= 0.3 is 0 Å². The predicted octanol–water partition coefficient (Wildman–Crippen LogP) is 0.349. The van der Waals surface area contributed by atoms with Crippen molar-refractivity contribution in [2.45, 2.75) is 31.3 Å². The molecule has 2 atom stereocenters. The van der Waals surface area contributed by atoms with Crippen LogP contribution >= 0.6 is 11.5 Å².